The van der Waals surface area contributed by atoms with Gasteiger partial charge in [0.25, 0.3) is 0 Å². The average molecular weight is 564 g/mol. The smallest absolute Gasteiger partial charge is 0.243 e. The molecule has 3 aromatic carbocycles. The molecule has 1 atom stereocenters. The van der Waals surface area contributed by atoms with Crippen LogP contribution in [0.15, 0.2) is 83.8 Å². The van der Waals surface area contributed by atoms with E-state index in [1.165, 1.54) is 4.31 Å². The third-order valence-electron chi connectivity index (χ3n) is 7.24. The zero-order valence-corrected chi connectivity index (χ0v) is 23.9. The SMILES string of the molecule is COc1ccc(CNC(=O)[C@H](C)N(Cc2ccccc2)C(=O)CCc2ccc(S(=O)(=O)N3CCCC3)cc2)cc1. The maximum absolute atomic E-state index is 13.4. The molecule has 212 valence electrons. The minimum Gasteiger partial charge on any atom is -0.497 e. The van der Waals surface area contributed by atoms with Gasteiger partial charge in [-0.1, -0.05) is 54.6 Å². The number of carbonyl (C=O) groups excluding carboxylic acids is 2. The summed E-state index contributed by atoms with van der Waals surface area (Å²) < 4.78 is 32.3. The van der Waals surface area contributed by atoms with E-state index in [0.717, 1.165) is 35.3 Å². The number of aryl methyl sites for hydroxylation is 1. The van der Waals surface area contributed by atoms with E-state index in [1.54, 1.807) is 43.2 Å². The maximum atomic E-state index is 13.4. The lowest BCUT2D eigenvalue weighted by molar-refractivity contribution is -0.140. The maximum Gasteiger partial charge on any atom is 0.243 e. The summed E-state index contributed by atoms with van der Waals surface area (Å²) in [5.41, 5.74) is 2.73. The number of amides is 2. The Morgan fingerprint density at radius 1 is 0.900 bits per heavy atom. The molecule has 0 unspecified atom stereocenters. The lowest BCUT2D eigenvalue weighted by Gasteiger charge is -2.29. The second kappa shape index (κ2) is 13.6. The molecule has 0 spiro atoms. The fourth-order valence-electron chi connectivity index (χ4n) is 4.74. The van der Waals surface area contributed by atoms with Crippen LogP contribution in [0.2, 0.25) is 0 Å². The van der Waals surface area contributed by atoms with Gasteiger partial charge < -0.3 is 15.0 Å². The first-order valence-electron chi connectivity index (χ1n) is 13.6. The van der Waals surface area contributed by atoms with E-state index in [4.69, 9.17) is 4.74 Å². The van der Waals surface area contributed by atoms with Crippen LogP contribution in [0.1, 0.15) is 42.9 Å². The number of carbonyl (C=O) groups is 2. The summed E-state index contributed by atoms with van der Waals surface area (Å²) in [6, 6.07) is 23.1. The summed E-state index contributed by atoms with van der Waals surface area (Å²) in [5, 5.41) is 2.94. The number of benzene rings is 3. The fourth-order valence-corrected chi connectivity index (χ4v) is 6.26. The van der Waals surface area contributed by atoms with Crippen LogP contribution in [0.25, 0.3) is 0 Å². The van der Waals surface area contributed by atoms with Crippen LogP contribution in [-0.2, 0) is 39.1 Å². The molecule has 0 bridgehead atoms. The number of rotatable bonds is 12. The van der Waals surface area contributed by atoms with Gasteiger partial charge in [-0.25, -0.2) is 8.42 Å². The highest BCUT2D eigenvalue weighted by molar-refractivity contribution is 7.89. The van der Waals surface area contributed by atoms with Gasteiger partial charge in [0, 0.05) is 32.6 Å². The van der Waals surface area contributed by atoms with Crippen molar-refractivity contribution in [3.63, 3.8) is 0 Å². The van der Waals surface area contributed by atoms with E-state index in [2.05, 4.69) is 5.32 Å². The van der Waals surface area contributed by atoms with E-state index in [0.29, 0.717) is 32.6 Å². The van der Waals surface area contributed by atoms with Crippen LogP contribution in [0.5, 0.6) is 5.75 Å². The molecule has 1 aliphatic rings. The Kier molecular flexibility index (Phi) is 9.95. The molecule has 0 aromatic heterocycles. The van der Waals surface area contributed by atoms with Crippen molar-refractivity contribution in [2.75, 3.05) is 20.2 Å². The zero-order valence-electron chi connectivity index (χ0n) is 23.1. The molecule has 1 N–H and O–H groups in total. The van der Waals surface area contributed by atoms with Crippen molar-refractivity contribution in [3.8, 4) is 5.75 Å². The monoisotopic (exact) mass is 563 g/mol. The molecular weight excluding hydrogens is 526 g/mol. The van der Waals surface area contributed by atoms with Crippen LogP contribution in [0, 0.1) is 0 Å². The Balaban J connectivity index is 1.40. The van der Waals surface area contributed by atoms with Gasteiger partial charge in [-0.05, 0) is 67.1 Å². The highest BCUT2D eigenvalue weighted by Crippen LogP contribution is 2.22. The van der Waals surface area contributed by atoms with Crippen molar-refractivity contribution < 1.29 is 22.7 Å². The Bertz CT molecular complexity index is 1370. The van der Waals surface area contributed by atoms with Gasteiger partial charge in [-0.3, -0.25) is 9.59 Å². The normalized spacial score (nSPS) is 14.4. The Labute approximate surface area is 237 Å². The van der Waals surface area contributed by atoms with Gasteiger partial charge in [-0.15, -0.1) is 0 Å². The van der Waals surface area contributed by atoms with Crippen LogP contribution in [0.3, 0.4) is 0 Å². The van der Waals surface area contributed by atoms with Gasteiger partial charge in [0.05, 0.1) is 12.0 Å². The van der Waals surface area contributed by atoms with Crippen molar-refractivity contribution in [1.82, 2.24) is 14.5 Å². The first-order valence-corrected chi connectivity index (χ1v) is 15.0. The molecule has 0 saturated carbocycles. The number of ether oxygens (including phenoxy) is 1. The topological polar surface area (TPSA) is 96.0 Å². The second-order valence-corrected chi connectivity index (χ2v) is 11.9. The summed E-state index contributed by atoms with van der Waals surface area (Å²) in [4.78, 5) is 28.4. The number of nitrogens with zero attached hydrogens (tertiary/aromatic N) is 2. The standard InChI is InChI=1S/C31H37N3O5S/c1-24(31(36)32-22-26-10-15-28(39-2)16-11-26)34(23-27-8-4-3-5-9-27)30(35)19-14-25-12-17-29(18-13-25)40(37,38)33-20-6-7-21-33/h3-5,8-13,15-18,24H,6-7,14,19-23H2,1-2H3,(H,32,36)/t24-/m0/s1. The molecule has 1 heterocycles. The van der Waals surface area contributed by atoms with Crippen molar-refractivity contribution in [2.24, 2.45) is 0 Å². The van der Waals surface area contributed by atoms with Crippen LogP contribution >= 0.6 is 0 Å². The zero-order chi connectivity index (χ0) is 28.5. The predicted octanol–water partition coefficient (Wildman–Crippen LogP) is 4.15. The molecule has 40 heavy (non-hydrogen) atoms. The molecule has 4 rings (SSSR count). The van der Waals surface area contributed by atoms with E-state index in [1.807, 2.05) is 54.6 Å². The summed E-state index contributed by atoms with van der Waals surface area (Å²) in [6.07, 6.45) is 2.41. The lowest BCUT2D eigenvalue weighted by Crippen LogP contribution is -2.47. The van der Waals surface area contributed by atoms with Crippen LogP contribution < -0.4 is 10.1 Å². The van der Waals surface area contributed by atoms with E-state index < -0.39 is 16.1 Å². The Morgan fingerprint density at radius 2 is 1.52 bits per heavy atom. The number of methoxy groups -OCH3 is 1. The molecule has 1 saturated heterocycles. The third kappa shape index (κ3) is 7.49. The second-order valence-electron chi connectivity index (χ2n) is 10.0. The van der Waals surface area contributed by atoms with Crippen LogP contribution in [0.4, 0.5) is 0 Å². The van der Waals surface area contributed by atoms with Crippen molar-refractivity contribution in [3.05, 3.63) is 95.6 Å². The molecule has 0 aliphatic carbocycles. The van der Waals surface area contributed by atoms with E-state index in [-0.39, 0.29) is 23.1 Å². The average Bonchev–Trinajstić information content (AvgIpc) is 3.54. The molecule has 1 fully saturated rings. The molecular formula is C31H37N3O5S. The van der Waals surface area contributed by atoms with Gasteiger partial charge in [-0.2, -0.15) is 4.31 Å². The molecule has 9 heteroatoms. The molecule has 3 aromatic rings. The number of hydrogen-bond donors (Lipinski definition) is 1. The van der Waals surface area contributed by atoms with Crippen molar-refractivity contribution in [2.45, 2.75) is 56.6 Å². The summed E-state index contributed by atoms with van der Waals surface area (Å²) in [6.45, 7) is 3.50. The molecule has 8 nitrogen and oxygen atoms in total. The van der Waals surface area contributed by atoms with Crippen molar-refractivity contribution >= 4 is 21.8 Å². The summed E-state index contributed by atoms with van der Waals surface area (Å²) >= 11 is 0. The lowest BCUT2D eigenvalue weighted by atomic mass is 10.1. The Hall–Kier alpha value is -3.69. The molecule has 2 amide bonds. The minimum absolute atomic E-state index is 0.148. The van der Waals surface area contributed by atoms with Gasteiger partial charge >= 0.3 is 0 Å². The molecule has 0 radical (unpaired) electrons. The van der Waals surface area contributed by atoms with E-state index >= 15 is 0 Å². The van der Waals surface area contributed by atoms with Gasteiger partial charge in [0.2, 0.25) is 21.8 Å². The fraction of sp³-hybridized carbons (Fsp3) is 0.355. The predicted molar refractivity (Wildman–Crippen MR) is 154 cm³/mol. The quantitative estimate of drug-likeness (QED) is 0.357. The van der Waals surface area contributed by atoms with Crippen LogP contribution in [-0.4, -0.2) is 55.7 Å². The Morgan fingerprint density at radius 3 is 2.15 bits per heavy atom. The minimum atomic E-state index is -3.48. The molecule has 1 aliphatic heterocycles. The largest absolute Gasteiger partial charge is 0.497 e. The highest BCUT2D eigenvalue weighted by atomic mass is 32.2. The summed E-state index contributed by atoms with van der Waals surface area (Å²) in [5.74, 6) is 0.354. The third-order valence-corrected chi connectivity index (χ3v) is 9.16. The summed E-state index contributed by atoms with van der Waals surface area (Å²) in [7, 11) is -1.87. The first-order chi connectivity index (χ1) is 19.3. The van der Waals surface area contributed by atoms with Gasteiger partial charge in [0.15, 0.2) is 0 Å². The number of sulfonamides is 1. The number of hydrogen-bond acceptors (Lipinski definition) is 5. The van der Waals surface area contributed by atoms with E-state index in [9.17, 15) is 18.0 Å². The van der Waals surface area contributed by atoms with Gasteiger partial charge in [0.1, 0.15) is 11.8 Å². The first kappa shape index (κ1) is 29.3. The highest BCUT2D eigenvalue weighted by Gasteiger charge is 2.28. The number of nitrogens with one attached hydrogen (secondary N) is 1. The van der Waals surface area contributed by atoms with Crippen molar-refractivity contribution in [1.29, 1.82) is 0 Å².